The zero-order valence-electron chi connectivity index (χ0n) is 13.9. The van der Waals surface area contributed by atoms with Crippen molar-refractivity contribution in [3.05, 3.63) is 47.7 Å². The van der Waals surface area contributed by atoms with E-state index in [0.717, 1.165) is 43.1 Å². The highest BCUT2D eigenvalue weighted by Crippen LogP contribution is 2.27. The molecule has 6 heteroatoms. The first kappa shape index (κ1) is 16.2. The molecule has 1 saturated heterocycles. The maximum atomic E-state index is 13.4. The summed E-state index contributed by atoms with van der Waals surface area (Å²) in [6, 6.07) is 8.77. The van der Waals surface area contributed by atoms with Gasteiger partial charge in [-0.05, 0) is 38.0 Å². The number of likely N-dealkylation sites (N-methyl/N-ethyl adjacent to an activating group) is 1. The predicted molar refractivity (Wildman–Crippen MR) is 91.5 cm³/mol. The molecule has 0 spiro atoms. The molecule has 124 valence electrons. The van der Waals surface area contributed by atoms with Gasteiger partial charge in [0.2, 0.25) is 0 Å². The molecular formula is C18H20FN5. The molecule has 1 aromatic heterocycles. The van der Waals surface area contributed by atoms with Gasteiger partial charge in [-0.2, -0.15) is 5.26 Å². The number of anilines is 2. The molecule has 3 rings (SSSR count). The molecule has 1 atom stereocenters. The molecule has 1 aliphatic rings. The van der Waals surface area contributed by atoms with E-state index in [9.17, 15) is 9.65 Å². The zero-order chi connectivity index (χ0) is 17.1. The van der Waals surface area contributed by atoms with Crippen molar-refractivity contribution in [3.8, 4) is 6.07 Å². The quantitative estimate of drug-likeness (QED) is 0.868. The SMILES string of the molecule is Cc1cc(N(C)C2CCCN(c3ccc(F)cc3C#N)C2)ncn1. The largest absolute Gasteiger partial charge is 0.368 e. The van der Waals surface area contributed by atoms with Gasteiger partial charge in [0.05, 0.1) is 11.3 Å². The number of piperidine rings is 1. The molecule has 1 fully saturated rings. The molecule has 0 bridgehead atoms. The summed E-state index contributed by atoms with van der Waals surface area (Å²) in [7, 11) is 2.03. The van der Waals surface area contributed by atoms with Gasteiger partial charge >= 0.3 is 0 Å². The number of hydrogen-bond acceptors (Lipinski definition) is 5. The minimum absolute atomic E-state index is 0.282. The van der Waals surface area contributed by atoms with Gasteiger partial charge in [-0.25, -0.2) is 14.4 Å². The van der Waals surface area contributed by atoms with E-state index in [1.807, 2.05) is 20.0 Å². The van der Waals surface area contributed by atoms with Crippen LogP contribution in [0.5, 0.6) is 0 Å². The number of benzene rings is 1. The van der Waals surface area contributed by atoms with Crippen molar-refractivity contribution in [2.45, 2.75) is 25.8 Å². The maximum Gasteiger partial charge on any atom is 0.132 e. The lowest BCUT2D eigenvalue weighted by Gasteiger charge is -2.39. The fourth-order valence-corrected chi connectivity index (χ4v) is 3.18. The Morgan fingerprint density at radius 3 is 2.92 bits per heavy atom. The van der Waals surface area contributed by atoms with Gasteiger partial charge in [-0.3, -0.25) is 0 Å². The van der Waals surface area contributed by atoms with E-state index in [1.165, 1.54) is 12.1 Å². The van der Waals surface area contributed by atoms with E-state index in [1.54, 1.807) is 12.4 Å². The Bertz CT molecular complexity index is 770. The lowest BCUT2D eigenvalue weighted by Crippen LogP contribution is -2.47. The van der Waals surface area contributed by atoms with Crippen LogP contribution in [0, 0.1) is 24.1 Å². The molecule has 1 unspecified atom stereocenters. The molecule has 0 amide bonds. The van der Waals surface area contributed by atoms with Gasteiger partial charge in [0.25, 0.3) is 0 Å². The van der Waals surface area contributed by atoms with Crippen LogP contribution in [-0.4, -0.2) is 36.1 Å². The number of aryl methyl sites for hydroxylation is 1. The van der Waals surface area contributed by atoms with Gasteiger partial charge < -0.3 is 9.80 Å². The van der Waals surface area contributed by atoms with Crippen LogP contribution in [0.15, 0.2) is 30.6 Å². The van der Waals surface area contributed by atoms with E-state index in [-0.39, 0.29) is 11.9 Å². The second-order valence-electron chi connectivity index (χ2n) is 6.14. The average Bonchev–Trinajstić information content (AvgIpc) is 2.61. The molecule has 2 aromatic rings. The Morgan fingerprint density at radius 1 is 1.33 bits per heavy atom. The van der Waals surface area contributed by atoms with Crippen molar-refractivity contribution >= 4 is 11.5 Å². The lowest BCUT2D eigenvalue weighted by molar-refractivity contribution is 0.485. The second kappa shape index (κ2) is 6.83. The molecule has 1 aromatic carbocycles. The standard InChI is InChI=1S/C18H20FN5/c1-13-8-18(22-12-21-13)23(2)16-4-3-7-24(11-16)17-6-5-15(19)9-14(17)10-20/h5-6,8-9,12,16H,3-4,7,11H2,1-2H3. The van der Waals surface area contributed by atoms with Crippen LogP contribution in [0.2, 0.25) is 0 Å². The van der Waals surface area contributed by atoms with Crippen molar-refractivity contribution in [2.24, 2.45) is 0 Å². The summed E-state index contributed by atoms with van der Waals surface area (Å²) in [5.41, 5.74) is 2.12. The van der Waals surface area contributed by atoms with Crippen molar-refractivity contribution < 1.29 is 4.39 Å². The maximum absolute atomic E-state index is 13.4. The van der Waals surface area contributed by atoms with Gasteiger partial charge in [0, 0.05) is 37.9 Å². The van der Waals surface area contributed by atoms with Crippen LogP contribution < -0.4 is 9.80 Å². The summed E-state index contributed by atoms with van der Waals surface area (Å²) in [6.45, 7) is 3.59. The van der Waals surface area contributed by atoms with E-state index >= 15 is 0 Å². The number of aromatic nitrogens is 2. The lowest BCUT2D eigenvalue weighted by atomic mass is 10.0. The van der Waals surface area contributed by atoms with Crippen LogP contribution in [0.3, 0.4) is 0 Å². The van der Waals surface area contributed by atoms with E-state index < -0.39 is 0 Å². The Morgan fingerprint density at radius 2 is 2.17 bits per heavy atom. The molecule has 0 N–H and O–H groups in total. The Hall–Kier alpha value is -2.68. The van der Waals surface area contributed by atoms with E-state index in [4.69, 9.17) is 0 Å². The number of rotatable bonds is 3. The molecule has 0 aliphatic carbocycles. The Balaban J connectivity index is 1.81. The van der Waals surface area contributed by atoms with Crippen molar-refractivity contribution in [1.82, 2.24) is 9.97 Å². The highest BCUT2D eigenvalue weighted by atomic mass is 19.1. The number of halogens is 1. The third-order valence-corrected chi connectivity index (χ3v) is 4.51. The first-order valence-corrected chi connectivity index (χ1v) is 8.04. The van der Waals surface area contributed by atoms with Gasteiger partial charge in [0.1, 0.15) is 24.0 Å². The topological polar surface area (TPSA) is 56.0 Å². The molecule has 24 heavy (non-hydrogen) atoms. The summed E-state index contributed by atoms with van der Waals surface area (Å²) >= 11 is 0. The molecule has 5 nitrogen and oxygen atoms in total. The first-order chi connectivity index (χ1) is 11.6. The van der Waals surface area contributed by atoms with Crippen molar-refractivity contribution in [2.75, 3.05) is 29.9 Å². The highest BCUT2D eigenvalue weighted by molar-refractivity contribution is 5.60. The highest BCUT2D eigenvalue weighted by Gasteiger charge is 2.25. The summed E-state index contributed by atoms with van der Waals surface area (Å²) in [6.07, 6.45) is 3.65. The van der Waals surface area contributed by atoms with E-state index in [2.05, 4.69) is 25.8 Å². The minimum atomic E-state index is -0.377. The number of hydrogen-bond donors (Lipinski definition) is 0. The van der Waals surface area contributed by atoms with Crippen molar-refractivity contribution in [3.63, 3.8) is 0 Å². The fraction of sp³-hybridized carbons (Fsp3) is 0.389. The summed E-state index contributed by atoms with van der Waals surface area (Å²) in [4.78, 5) is 12.8. The number of nitriles is 1. The van der Waals surface area contributed by atoms with Crippen LogP contribution >= 0.6 is 0 Å². The summed E-state index contributed by atoms with van der Waals surface area (Å²) < 4.78 is 13.4. The Kier molecular flexibility index (Phi) is 4.61. The third kappa shape index (κ3) is 3.30. The monoisotopic (exact) mass is 325 g/mol. The van der Waals surface area contributed by atoms with Crippen LogP contribution in [-0.2, 0) is 0 Å². The smallest absolute Gasteiger partial charge is 0.132 e. The van der Waals surface area contributed by atoms with Crippen LogP contribution in [0.25, 0.3) is 0 Å². The van der Waals surface area contributed by atoms with Crippen molar-refractivity contribution in [1.29, 1.82) is 5.26 Å². The molecule has 1 aliphatic heterocycles. The fourth-order valence-electron chi connectivity index (χ4n) is 3.18. The molecule has 2 heterocycles. The molecular weight excluding hydrogens is 305 g/mol. The average molecular weight is 325 g/mol. The number of nitrogens with zero attached hydrogens (tertiary/aromatic N) is 5. The molecule has 0 saturated carbocycles. The zero-order valence-corrected chi connectivity index (χ0v) is 13.9. The van der Waals surface area contributed by atoms with Crippen LogP contribution in [0.4, 0.5) is 15.9 Å². The van der Waals surface area contributed by atoms with Gasteiger partial charge in [-0.1, -0.05) is 0 Å². The normalized spacial score (nSPS) is 17.4. The van der Waals surface area contributed by atoms with Crippen LogP contribution in [0.1, 0.15) is 24.1 Å². The Labute approximate surface area is 141 Å². The van der Waals surface area contributed by atoms with Gasteiger partial charge in [-0.15, -0.1) is 0 Å². The van der Waals surface area contributed by atoms with Gasteiger partial charge in [0.15, 0.2) is 0 Å². The predicted octanol–water partition coefficient (Wildman–Crippen LogP) is 2.90. The second-order valence-corrected chi connectivity index (χ2v) is 6.14. The third-order valence-electron chi connectivity index (χ3n) is 4.51. The minimum Gasteiger partial charge on any atom is -0.368 e. The summed E-state index contributed by atoms with van der Waals surface area (Å²) in [5, 5.41) is 9.29. The van der Waals surface area contributed by atoms with E-state index in [0.29, 0.717) is 5.56 Å². The first-order valence-electron chi connectivity index (χ1n) is 8.04. The molecule has 0 radical (unpaired) electrons. The summed E-state index contributed by atoms with van der Waals surface area (Å²) in [5.74, 6) is 0.520.